The van der Waals surface area contributed by atoms with Crippen molar-refractivity contribution in [2.45, 2.75) is 76.9 Å². The molecular formula is C31H38BrN3O7. The van der Waals surface area contributed by atoms with Crippen LogP contribution in [-0.4, -0.2) is 83.3 Å². The highest BCUT2D eigenvalue weighted by Crippen LogP contribution is 2.59. The molecule has 0 radical (unpaired) electrons. The van der Waals surface area contributed by atoms with Gasteiger partial charge < -0.3 is 29.7 Å². The third kappa shape index (κ3) is 5.09. The molecule has 42 heavy (non-hydrogen) atoms. The molecule has 0 saturated carbocycles. The summed E-state index contributed by atoms with van der Waals surface area (Å²) in [5.41, 5.74) is 1.08. The zero-order valence-corrected chi connectivity index (χ0v) is 25.9. The number of amides is 3. The Hall–Kier alpha value is -3.02. The minimum Gasteiger partial charge on any atom is -0.460 e. The predicted molar refractivity (Wildman–Crippen MR) is 159 cm³/mol. The van der Waals surface area contributed by atoms with Crippen LogP contribution < -0.4 is 10.2 Å². The van der Waals surface area contributed by atoms with Crippen LogP contribution in [0.5, 0.6) is 0 Å². The van der Waals surface area contributed by atoms with Gasteiger partial charge in [0.25, 0.3) is 5.91 Å². The molecule has 11 heteroatoms. The molecule has 10 nitrogen and oxygen atoms in total. The summed E-state index contributed by atoms with van der Waals surface area (Å²) in [6.07, 6.45) is 5.13. The maximum atomic E-state index is 14.9. The molecule has 4 aliphatic rings. The normalized spacial score (nSPS) is 33.3. The molecule has 0 aromatic heterocycles. The topological polar surface area (TPSA) is 125 Å². The highest BCUT2D eigenvalue weighted by Gasteiger charge is 2.75. The van der Waals surface area contributed by atoms with Gasteiger partial charge in [0.2, 0.25) is 11.8 Å². The third-order valence-corrected chi connectivity index (χ3v) is 9.44. The number of ether oxygens (including phenoxy) is 2. The number of rotatable bonds is 4. The van der Waals surface area contributed by atoms with Crippen molar-refractivity contribution in [3.63, 3.8) is 0 Å². The molecule has 4 aliphatic heterocycles. The van der Waals surface area contributed by atoms with Crippen molar-refractivity contribution in [1.29, 1.82) is 0 Å². The number of aliphatic hydroxyl groups excluding tert-OH is 1. The fourth-order valence-electron chi connectivity index (χ4n) is 6.65. The summed E-state index contributed by atoms with van der Waals surface area (Å²) in [7, 11) is 0. The lowest BCUT2D eigenvalue weighted by atomic mass is 9.74. The van der Waals surface area contributed by atoms with Crippen LogP contribution in [0.4, 0.5) is 5.69 Å². The standard InChI is InChI=1S/C31H38BrN3O7/c1-5-20(16-36)35-27-29(39)34(22-13-17(2)10-11-18(22)3)12-8-6-7-9-23(37)33-15-19(4)41-30(40)24-25(28(35)38)31(27)14-21(32)26(24)42-31/h6,8,10-11,13-14,19-20,24-27,36H,5,7,9,12,15-16H2,1-4H3,(H,33,37)/b8-6-/t19-,20-,24+,25-,26+,27+,31-/m0/s1. The number of anilines is 1. The third-order valence-electron chi connectivity index (χ3n) is 8.76. The fourth-order valence-corrected chi connectivity index (χ4v) is 7.39. The van der Waals surface area contributed by atoms with E-state index < -0.39 is 53.6 Å². The molecule has 2 fully saturated rings. The molecule has 1 spiro atoms. The predicted octanol–water partition coefficient (Wildman–Crippen LogP) is 2.68. The second kappa shape index (κ2) is 11.9. The summed E-state index contributed by atoms with van der Waals surface area (Å²) in [5, 5.41) is 13.2. The fraction of sp³-hybridized carbons (Fsp3) is 0.548. The minimum absolute atomic E-state index is 0.128. The Morgan fingerprint density at radius 1 is 1.17 bits per heavy atom. The second-order valence-corrected chi connectivity index (χ2v) is 12.5. The number of aryl methyl sites for hydroxylation is 2. The number of aliphatic hydroxyl groups is 1. The number of benzene rings is 1. The van der Waals surface area contributed by atoms with E-state index in [1.807, 2.05) is 51.1 Å². The lowest BCUT2D eigenvalue weighted by molar-refractivity contribution is -0.159. The van der Waals surface area contributed by atoms with Gasteiger partial charge in [-0.3, -0.25) is 19.2 Å². The molecule has 2 N–H and O–H groups in total. The number of hydrogen-bond acceptors (Lipinski definition) is 7. The van der Waals surface area contributed by atoms with E-state index in [4.69, 9.17) is 9.47 Å². The van der Waals surface area contributed by atoms with Crippen LogP contribution in [0.25, 0.3) is 0 Å². The van der Waals surface area contributed by atoms with E-state index in [1.165, 1.54) is 4.90 Å². The average molecular weight is 645 g/mol. The lowest BCUT2D eigenvalue weighted by Gasteiger charge is -2.38. The van der Waals surface area contributed by atoms with Gasteiger partial charge in [0, 0.05) is 23.1 Å². The SMILES string of the molecule is CC[C@@H](CO)N1C(=O)[C@@H]2[C@H]3C(=O)O[C@@H](C)CNC(=O)CC/C=C\CN(c4cc(C)ccc4C)C(=O)[C@@H]1[C@]21C=C(Br)[C@H]3O1. The minimum atomic E-state index is -1.44. The molecule has 226 valence electrons. The zero-order chi connectivity index (χ0) is 30.3. The van der Waals surface area contributed by atoms with Crippen LogP contribution in [0.2, 0.25) is 0 Å². The van der Waals surface area contributed by atoms with E-state index in [0.29, 0.717) is 23.0 Å². The number of allylic oxidation sites excluding steroid dienone is 1. The van der Waals surface area contributed by atoms with Crippen LogP contribution in [0.3, 0.4) is 0 Å². The van der Waals surface area contributed by atoms with E-state index in [-0.39, 0.29) is 37.9 Å². The Morgan fingerprint density at radius 3 is 2.64 bits per heavy atom. The molecule has 1 aromatic rings. The van der Waals surface area contributed by atoms with Crippen LogP contribution in [0.1, 0.15) is 44.2 Å². The highest BCUT2D eigenvalue weighted by molar-refractivity contribution is 9.11. The number of esters is 1. The van der Waals surface area contributed by atoms with Gasteiger partial charge in [0.05, 0.1) is 25.1 Å². The summed E-state index contributed by atoms with van der Waals surface area (Å²) >= 11 is 3.55. The van der Waals surface area contributed by atoms with E-state index in [2.05, 4.69) is 21.2 Å². The molecule has 4 heterocycles. The van der Waals surface area contributed by atoms with Crippen LogP contribution in [0.15, 0.2) is 40.9 Å². The van der Waals surface area contributed by atoms with Crippen molar-refractivity contribution in [1.82, 2.24) is 10.2 Å². The molecule has 0 aliphatic carbocycles. The van der Waals surface area contributed by atoms with Gasteiger partial charge in [0.1, 0.15) is 29.8 Å². The molecule has 5 bridgehead atoms. The Morgan fingerprint density at radius 2 is 1.93 bits per heavy atom. The van der Waals surface area contributed by atoms with E-state index >= 15 is 0 Å². The van der Waals surface area contributed by atoms with E-state index in [1.54, 1.807) is 17.9 Å². The van der Waals surface area contributed by atoms with Gasteiger partial charge in [0.15, 0.2) is 0 Å². The van der Waals surface area contributed by atoms with Crippen molar-refractivity contribution < 1.29 is 33.8 Å². The lowest BCUT2D eigenvalue weighted by Crippen LogP contribution is -2.58. The maximum absolute atomic E-state index is 14.9. The molecular weight excluding hydrogens is 606 g/mol. The smallest absolute Gasteiger partial charge is 0.313 e. The largest absolute Gasteiger partial charge is 0.460 e. The van der Waals surface area contributed by atoms with Crippen molar-refractivity contribution in [3.8, 4) is 0 Å². The van der Waals surface area contributed by atoms with Gasteiger partial charge >= 0.3 is 5.97 Å². The molecule has 0 unspecified atom stereocenters. The van der Waals surface area contributed by atoms with Crippen LogP contribution >= 0.6 is 15.9 Å². The maximum Gasteiger partial charge on any atom is 0.313 e. The Kier molecular flexibility index (Phi) is 8.65. The number of hydrogen-bond donors (Lipinski definition) is 2. The first-order chi connectivity index (χ1) is 20.0. The summed E-state index contributed by atoms with van der Waals surface area (Å²) in [5.74, 6) is -3.63. The molecule has 5 rings (SSSR count). The van der Waals surface area contributed by atoms with Gasteiger partial charge in [-0.1, -0.05) is 47.1 Å². The Labute approximate surface area is 254 Å². The summed E-state index contributed by atoms with van der Waals surface area (Å²) < 4.78 is 12.8. The van der Waals surface area contributed by atoms with Gasteiger partial charge in [-0.05, 0) is 56.9 Å². The molecule has 7 atom stereocenters. The number of cyclic esters (lactones) is 1. The first kappa shape index (κ1) is 30.4. The molecule has 2 saturated heterocycles. The number of likely N-dealkylation sites (tertiary alicyclic amines) is 1. The Balaban J connectivity index is 1.67. The summed E-state index contributed by atoms with van der Waals surface area (Å²) in [4.78, 5) is 58.3. The first-order valence-corrected chi connectivity index (χ1v) is 15.3. The Bertz CT molecular complexity index is 1340. The van der Waals surface area contributed by atoms with Gasteiger partial charge in [-0.15, -0.1) is 0 Å². The van der Waals surface area contributed by atoms with E-state index in [0.717, 1.165) is 11.1 Å². The molecule has 3 amide bonds. The summed E-state index contributed by atoms with van der Waals surface area (Å²) in [6, 6.07) is 4.05. The number of nitrogens with zero attached hydrogens (tertiary/aromatic N) is 2. The molecule has 1 aromatic carbocycles. The van der Waals surface area contributed by atoms with Crippen LogP contribution in [0, 0.1) is 25.7 Å². The highest BCUT2D eigenvalue weighted by atomic mass is 79.9. The monoisotopic (exact) mass is 643 g/mol. The number of carbonyl (C=O) groups excluding carboxylic acids is 4. The zero-order valence-electron chi connectivity index (χ0n) is 24.3. The van der Waals surface area contributed by atoms with Crippen molar-refractivity contribution in [2.75, 3.05) is 24.6 Å². The van der Waals surface area contributed by atoms with Crippen LogP contribution in [-0.2, 0) is 28.7 Å². The number of nitrogens with one attached hydrogen (secondary N) is 1. The van der Waals surface area contributed by atoms with Crippen molar-refractivity contribution in [2.24, 2.45) is 11.8 Å². The van der Waals surface area contributed by atoms with Crippen molar-refractivity contribution >= 4 is 45.3 Å². The number of fused-ring (bicyclic) bond motifs is 2. The van der Waals surface area contributed by atoms with E-state index in [9.17, 15) is 24.3 Å². The van der Waals surface area contributed by atoms with Gasteiger partial charge in [-0.25, -0.2) is 0 Å². The van der Waals surface area contributed by atoms with Gasteiger partial charge in [-0.2, -0.15) is 0 Å². The van der Waals surface area contributed by atoms with Crippen molar-refractivity contribution in [3.05, 3.63) is 52.0 Å². The number of carbonyl (C=O) groups is 4. The summed E-state index contributed by atoms with van der Waals surface area (Å²) in [6.45, 7) is 7.35. The first-order valence-electron chi connectivity index (χ1n) is 14.5. The quantitative estimate of drug-likeness (QED) is 0.382. The average Bonchev–Trinajstić information content (AvgIpc) is 3.54. The number of halogens is 1. The second-order valence-electron chi connectivity index (χ2n) is 11.6.